The second kappa shape index (κ2) is 41.6. The van der Waals surface area contributed by atoms with Crippen LogP contribution in [0.15, 0.2) is 0 Å². The van der Waals surface area contributed by atoms with E-state index >= 15 is 0 Å². The molecule has 0 rings (SSSR count). The molecule has 0 fully saturated rings. The molecule has 0 aliphatic carbocycles. The van der Waals surface area contributed by atoms with Gasteiger partial charge < -0.3 is 14.2 Å². The number of hydrogen-bond acceptors (Lipinski definition) is 6. The zero-order valence-electron chi connectivity index (χ0n) is 36.0. The Labute approximate surface area is 329 Å². The summed E-state index contributed by atoms with van der Waals surface area (Å²) in [5, 5.41) is 0. The monoisotopic (exact) mass is 751 g/mol. The largest absolute Gasteiger partial charge is 0.462 e. The lowest BCUT2D eigenvalue weighted by molar-refractivity contribution is -0.167. The molecule has 0 saturated heterocycles. The second-order valence-corrected chi connectivity index (χ2v) is 16.3. The lowest BCUT2D eigenvalue weighted by atomic mass is 10.00. The molecule has 0 aromatic rings. The molecule has 0 saturated carbocycles. The first-order valence-corrected chi connectivity index (χ1v) is 23.4. The Hall–Kier alpha value is -1.59. The Bertz CT molecular complexity index is 798. The van der Waals surface area contributed by atoms with E-state index in [-0.39, 0.29) is 31.1 Å². The normalized spacial score (nSPS) is 12.5. The van der Waals surface area contributed by atoms with Gasteiger partial charge in [-0.2, -0.15) is 0 Å². The molecule has 1 unspecified atom stereocenters. The van der Waals surface area contributed by atoms with Crippen LogP contribution in [0, 0.1) is 5.92 Å². The van der Waals surface area contributed by atoms with Crippen molar-refractivity contribution in [3.63, 3.8) is 0 Å². The lowest BCUT2D eigenvalue weighted by Gasteiger charge is -2.18. The summed E-state index contributed by atoms with van der Waals surface area (Å²) < 4.78 is 16.7. The van der Waals surface area contributed by atoms with Crippen LogP contribution in [0.25, 0.3) is 0 Å². The smallest absolute Gasteiger partial charge is 0.306 e. The van der Waals surface area contributed by atoms with E-state index in [0.717, 1.165) is 63.7 Å². The molecule has 0 aromatic carbocycles. The minimum Gasteiger partial charge on any atom is -0.462 e. The van der Waals surface area contributed by atoms with Crippen LogP contribution in [0.4, 0.5) is 0 Å². The number of esters is 3. The molecule has 0 aromatic heterocycles. The van der Waals surface area contributed by atoms with Gasteiger partial charge in [-0.3, -0.25) is 14.4 Å². The van der Waals surface area contributed by atoms with Crippen molar-refractivity contribution in [2.45, 2.75) is 265 Å². The molecule has 2 atom stereocenters. The molecule has 0 aliphatic rings. The summed E-state index contributed by atoms with van der Waals surface area (Å²) in [6.45, 7) is 8.97. The molecule has 0 amide bonds. The van der Waals surface area contributed by atoms with E-state index in [1.54, 1.807) is 0 Å². The molecule has 6 heteroatoms. The third kappa shape index (κ3) is 39.9. The molecule has 53 heavy (non-hydrogen) atoms. The number of carbonyl (C=O) groups excluding carboxylic acids is 3. The van der Waals surface area contributed by atoms with Crippen molar-refractivity contribution in [2.75, 3.05) is 13.2 Å². The Morgan fingerprint density at radius 1 is 0.377 bits per heavy atom. The first kappa shape index (κ1) is 51.4. The van der Waals surface area contributed by atoms with Gasteiger partial charge >= 0.3 is 17.9 Å². The summed E-state index contributed by atoms with van der Waals surface area (Å²) in [6.07, 6.45) is 40.8. The van der Waals surface area contributed by atoms with Crippen LogP contribution in [-0.4, -0.2) is 37.2 Å². The van der Waals surface area contributed by atoms with E-state index in [1.807, 2.05) is 0 Å². The van der Waals surface area contributed by atoms with Crippen molar-refractivity contribution in [3.8, 4) is 0 Å². The maximum absolute atomic E-state index is 12.7. The number of hydrogen-bond donors (Lipinski definition) is 0. The van der Waals surface area contributed by atoms with Gasteiger partial charge in [-0.25, -0.2) is 0 Å². The SMILES string of the molecule is CCCCCCCCCCCCCCCC(=O)OC[C@@H](COC(=O)CCCCCCCCCCCCCC)OC(=O)CCCCCCCCC(C)CC. The maximum atomic E-state index is 12.7. The highest BCUT2D eigenvalue weighted by molar-refractivity contribution is 5.71. The predicted molar refractivity (Wildman–Crippen MR) is 224 cm³/mol. The average Bonchev–Trinajstić information content (AvgIpc) is 3.15. The van der Waals surface area contributed by atoms with Gasteiger partial charge in [0.25, 0.3) is 0 Å². The predicted octanol–water partition coefficient (Wildman–Crippen LogP) is 14.7. The van der Waals surface area contributed by atoms with Crippen LogP contribution < -0.4 is 0 Å². The number of rotatable bonds is 42. The molecule has 0 spiro atoms. The maximum Gasteiger partial charge on any atom is 0.306 e. The van der Waals surface area contributed by atoms with Gasteiger partial charge in [-0.05, 0) is 25.2 Å². The highest BCUT2D eigenvalue weighted by atomic mass is 16.6. The third-order valence-corrected chi connectivity index (χ3v) is 10.9. The lowest BCUT2D eigenvalue weighted by Crippen LogP contribution is -2.30. The Kier molecular flexibility index (Phi) is 40.3. The van der Waals surface area contributed by atoms with Crippen molar-refractivity contribution >= 4 is 17.9 Å². The van der Waals surface area contributed by atoms with Gasteiger partial charge in [-0.15, -0.1) is 0 Å². The topological polar surface area (TPSA) is 78.9 Å². The standard InChI is InChI=1S/C47H90O6/c1-5-8-10-12-14-16-18-20-22-24-26-31-35-39-46(49)52-42-44(53-47(50)40-36-32-28-27-29-33-37-43(4)7-3)41-51-45(48)38-34-30-25-23-21-19-17-15-13-11-9-6-2/h43-44H,5-42H2,1-4H3/t43?,44-/m1/s1. The Morgan fingerprint density at radius 3 is 0.981 bits per heavy atom. The van der Waals surface area contributed by atoms with Crippen LogP contribution in [0.3, 0.4) is 0 Å². The molecule has 314 valence electrons. The van der Waals surface area contributed by atoms with Crippen molar-refractivity contribution in [1.82, 2.24) is 0 Å². The van der Waals surface area contributed by atoms with Gasteiger partial charge in [0.15, 0.2) is 6.10 Å². The van der Waals surface area contributed by atoms with Crippen molar-refractivity contribution in [3.05, 3.63) is 0 Å². The first-order valence-electron chi connectivity index (χ1n) is 23.4. The molecule has 0 radical (unpaired) electrons. The highest BCUT2D eigenvalue weighted by Gasteiger charge is 2.19. The van der Waals surface area contributed by atoms with E-state index in [0.29, 0.717) is 19.3 Å². The van der Waals surface area contributed by atoms with E-state index in [4.69, 9.17) is 14.2 Å². The van der Waals surface area contributed by atoms with Crippen molar-refractivity contribution in [1.29, 1.82) is 0 Å². The Morgan fingerprint density at radius 2 is 0.660 bits per heavy atom. The summed E-state index contributed by atoms with van der Waals surface area (Å²) in [5.74, 6) is -0.0452. The summed E-state index contributed by atoms with van der Waals surface area (Å²) >= 11 is 0. The van der Waals surface area contributed by atoms with E-state index in [1.165, 1.54) is 154 Å². The number of carbonyl (C=O) groups is 3. The van der Waals surface area contributed by atoms with Crippen LogP contribution in [0.1, 0.15) is 259 Å². The number of unbranched alkanes of at least 4 members (excludes halogenated alkanes) is 28. The van der Waals surface area contributed by atoms with Gasteiger partial charge in [0.1, 0.15) is 13.2 Å². The van der Waals surface area contributed by atoms with Gasteiger partial charge in [0.2, 0.25) is 0 Å². The minimum absolute atomic E-state index is 0.0644. The van der Waals surface area contributed by atoms with Crippen molar-refractivity contribution in [2.24, 2.45) is 5.92 Å². The quantitative estimate of drug-likeness (QED) is 0.0351. The van der Waals surface area contributed by atoms with E-state index in [2.05, 4.69) is 27.7 Å². The molecule has 0 heterocycles. The zero-order chi connectivity index (χ0) is 38.9. The third-order valence-electron chi connectivity index (χ3n) is 10.9. The van der Waals surface area contributed by atoms with Crippen LogP contribution >= 0.6 is 0 Å². The fourth-order valence-electron chi connectivity index (χ4n) is 6.95. The van der Waals surface area contributed by atoms with E-state index in [9.17, 15) is 14.4 Å². The minimum atomic E-state index is -0.760. The molecule has 0 aliphatic heterocycles. The van der Waals surface area contributed by atoms with Crippen LogP contribution in [0.2, 0.25) is 0 Å². The van der Waals surface area contributed by atoms with Gasteiger partial charge in [-0.1, -0.05) is 220 Å². The van der Waals surface area contributed by atoms with E-state index < -0.39 is 6.10 Å². The summed E-state index contributed by atoms with van der Waals surface area (Å²) in [6, 6.07) is 0. The first-order chi connectivity index (χ1) is 25.9. The fourth-order valence-corrected chi connectivity index (χ4v) is 6.95. The number of ether oxygens (including phenoxy) is 3. The summed E-state index contributed by atoms with van der Waals surface area (Å²) in [7, 11) is 0. The highest BCUT2D eigenvalue weighted by Crippen LogP contribution is 2.17. The molecule has 0 N–H and O–H groups in total. The molecule has 0 bridgehead atoms. The fraction of sp³-hybridized carbons (Fsp3) is 0.936. The summed E-state index contributed by atoms with van der Waals surface area (Å²) in [5.41, 5.74) is 0. The molecular weight excluding hydrogens is 661 g/mol. The zero-order valence-corrected chi connectivity index (χ0v) is 36.0. The Balaban J connectivity index is 4.32. The molecule has 6 nitrogen and oxygen atoms in total. The van der Waals surface area contributed by atoms with Crippen LogP contribution in [-0.2, 0) is 28.6 Å². The molecular formula is C47H90O6. The summed E-state index contributed by atoms with van der Waals surface area (Å²) in [4.78, 5) is 37.7. The van der Waals surface area contributed by atoms with Crippen molar-refractivity contribution < 1.29 is 28.6 Å². The van der Waals surface area contributed by atoms with Crippen LogP contribution in [0.5, 0.6) is 0 Å². The van der Waals surface area contributed by atoms with Gasteiger partial charge in [0.05, 0.1) is 0 Å². The van der Waals surface area contributed by atoms with Gasteiger partial charge in [0, 0.05) is 19.3 Å². The second-order valence-electron chi connectivity index (χ2n) is 16.3. The average molecular weight is 751 g/mol.